The standard InChI is InChI=1S/C24H28N4O2/c1-18-15-21(30-2)11-12-22(18)24(29)28-14-6-9-20(28)10-13-23-26-25-17-27(23)16-19-7-4-3-5-8-19/h3-5,7-8,11-12,15,17,20H,6,9-10,13-14,16H2,1-2H3. The Morgan fingerprint density at radius 1 is 1.20 bits per heavy atom. The third-order valence-electron chi connectivity index (χ3n) is 5.89. The van der Waals surface area contributed by atoms with Gasteiger partial charge in [-0.2, -0.15) is 0 Å². The van der Waals surface area contributed by atoms with E-state index in [1.807, 2.05) is 48.2 Å². The van der Waals surface area contributed by atoms with Crippen LogP contribution in [-0.4, -0.2) is 45.3 Å². The molecular formula is C24H28N4O2. The molecule has 4 rings (SSSR count). The largest absolute Gasteiger partial charge is 0.497 e. The summed E-state index contributed by atoms with van der Waals surface area (Å²) in [4.78, 5) is 15.2. The highest BCUT2D eigenvalue weighted by Crippen LogP contribution is 2.26. The lowest BCUT2D eigenvalue weighted by Crippen LogP contribution is -2.36. The lowest BCUT2D eigenvalue weighted by Gasteiger charge is -2.25. The van der Waals surface area contributed by atoms with Crippen LogP contribution in [0.3, 0.4) is 0 Å². The van der Waals surface area contributed by atoms with E-state index in [0.29, 0.717) is 0 Å². The van der Waals surface area contributed by atoms with E-state index in [2.05, 4.69) is 26.9 Å². The zero-order chi connectivity index (χ0) is 20.9. The van der Waals surface area contributed by atoms with Crippen LogP contribution in [0.2, 0.25) is 0 Å². The van der Waals surface area contributed by atoms with Gasteiger partial charge in [-0.15, -0.1) is 10.2 Å². The van der Waals surface area contributed by atoms with E-state index < -0.39 is 0 Å². The maximum atomic E-state index is 13.2. The first kappa shape index (κ1) is 20.1. The summed E-state index contributed by atoms with van der Waals surface area (Å²) in [7, 11) is 1.64. The summed E-state index contributed by atoms with van der Waals surface area (Å²) in [6.45, 7) is 3.54. The van der Waals surface area contributed by atoms with Crippen LogP contribution >= 0.6 is 0 Å². The van der Waals surface area contributed by atoms with E-state index in [1.165, 1.54) is 5.56 Å². The van der Waals surface area contributed by atoms with Crippen molar-refractivity contribution in [1.82, 2.24) is 19.7 Å². The third kappa shape index (κ3) is 4.37. The molecule has 6 nitrogen and oxygen atoms in total. The minimum Gasteiger partial charge on any atom is -0.497 e. The summed E-state index contributed by atoms with van der Waals surface area (Å²) in [5, 5.41) is 8.44. The third-order valence-corrected chi connectivity index (χ3v) is 5.89. The lowest BCUT2D eigenvalue weighted by molar-refractivity contribution is 0.0729. The predicted molar refractivity (Wildman–Crippen MR) is 116 cm³/mol. The number of carbonyl (C=O) groups is 1. The van der Waals surface area contributed by atoms with Gasteiger partial charge >= 0.3 is 0 Å². The van der Waals surface area contributed by atoms with Crippen molar-refractivity contribution in [3.05, 3.63) is 77.4 Å². The number of benzene rings is 2. The van der Waals surface area contributed by atoms with E-state index in [9.17, 15) is 4.79 Å². The fourth-order valence-electron chi connectivity index (χ4n) is 4.24. The van der Waals surface area contributed by atoms with Gasteiger partial charge in [0.1, 0.15) is 17.9 Å². The first-order valence-corrected chi connectivity index (χ1v) is 10.5. The second-order valence-corrected chi connectivity index (χ2v) is 7.87. The first-order valence-electron chi connectivity index (χ1n) is 10.5. The molecule has 156 valence electrons. The van der Waals surface area contributed by atoms with Crippen molar-refractivity contribution >= 4 is 5.91 Å². The molecule has 1 atom stereocenters. The van der Waals surface area contributed by atoms with Gasteiger partial charge in [0.05, 0.1) is 13.7 Å². The number of rotatable bonds is 7. The fourth-order valence-corrected chi connectivity index (χ4v) is 4.24. The number of likely N-dealkylation sites (tertiary alicyclic amines) is 1. The normalized spacial score (nSPS) is 16.1. The van der Waals surface area contributed by atoms with Crippen molar-refractivity contribution in [3.63, 3.8) is 0 Å². The zero-order valence-corrected chi connectivity index (χ0v) is 17.6. The Labute approximate surface area is 177 Å². The molecule has 1 saturated heterocycles. The van der Waals surface area contributed by atoms with Crippen LogP contribution < -0.4 is 4.74 Å². The second-order valence-electron chi connectivity index (χ2n) is 7.87. The molecule has 0 saturated carbocycles. The molecule has 30 heavy (non-hydrogen) atoms. The van der Waals surface area contributed by atoms with Crippen molar-refractivity contribution in [3.8, 4) is 5.75 Å². The molecule has 1 amide bonds. The van der Waals surface area contributed by atoms with E-state index in [-0.39, 0.29) is 11.9 Å². The maximum absolute atomic E-state index is 13.2. The number of nitrogens with zero attached hydrogens (tertiary/aromatic N) is 4. The smallest absolute Gasteiger partial charge is 0.254 e. The number of aromatic nitrogens is 3. The van der Waals surface area contributed by atoms with Crippen LogP contribution in [0.15, 0.2) is 54.9 Å². The van der Waals surface area contributed by atoms with Gasteiger partial charge in [-0.1, -0.05) is 30.3 Å². The van der Waals surface area contributed by atoms with E-state index in [0.717, 1.165) is 61.5 Å². The molecule has 1 unspecified atom stereocenters. The monoisotopic (exact) mass is 404 g/mol. The SMILES string of the molecule is COc1ccc(C(=O)N2CCCC2CCc2nncn2Cc2ccccc2)c(C)c1. The molecular weight excluding hydrogens is 376 g/mol. The molecule has 0 N–H and O–H groups in total. The van der Waals surface area contributed by atoms with Gasteiger partial charge in [-0.25, -0.2) is 0 Å². The highest BCUT2D eigenvalue weighted by atomic mass is 16.5. The Balaban J connectivity index is 1.42. The molecule has 0 spiro atoms. The summed E-state index contributed by atoms with van der Waals surface area (Å²) < 4.78 is 7.37. The molecule has 1 aliphatic heterocycles. The van der Waals surface area contributed by atoms with Gasteiger partial charge in [0.15, 0.2) is 0 Å². The summed E-state index contributed by atoms with van der Waals surface area (Å²) in [6.07, 6.45) is 5.58. The van der Waals surface area contributed by atoms with Gasteiger partial charge in [-0.3, -0.25) is 4.79 Å². The van der Waals surface area contributed by atoms with Crippen LogP contribution in [-0.2, 0) is 13.0 Å². The van der Waals surface area contributed by atoms with Crippen molar-refractivity contribution in [1.29, 1.82) is 0 Å². The average molecular weight is 405 g/mol. The van der Waals surface area contributed by atoms with Gasteiger partial charge in [0, 0.05) is 24.6 Å². The van der Waals surface area contributed by atoms with E-state index >= 15 is 0 Å². The quantitative estimate of drug-likeness (QED) is 0.600. The summed E-state index contributed by atoms with van der Waals surface area (Å²) in [6, 6.07) is 16.2. The van der Waals surface area contributed by atoms with E-state index in [4.69, 9.17) is 4.74 Å². The number of aryl methyl sites for hydroxylation is 2. The minimum absolute atomic E-state index is 0.114. The summed E-state index contributed by atoms with van der Waals surface area (Å²) in [5.74, 6) is 1.86. The highest BCUT2D eigenvalue weighted by Gasteiger charge is 2.30. The Kier molecular flexibility index (Phi) is 6.12. The molecule has 0 bridgehead atoms. The molecule has 1 aliphatic rings. The first-order chi connectivity index (χ1) is 14.7. The number of hydrogen-bond acceptors (Lipinski definition) is 4. The Morgan fingerprint density at radius 2 is 2.03 bits per heavy atom. The summed E-state index contributed by atoms with van der Waals surface area (Å²) in [5.41, 5.74) is 2.94. The van der Waals surface area contributed by atoms with Gasteiger partial charge in [0.2, 0.25) is 0 Å². The number of methoxy groups -OCH3 is 1. The Bertz CT molecular complexity index is 999. The number of hydrogen-bond donors (Lipinski definition) is 0. The second kappa shape index (κ2) is 9.11. The summed E-state index contributed by atoms with van der Waals surface area (Å²) >= 11 is 0. The molecule has 0 aliphatic carbocycles. The minimum atomic E-state index is 0.114. The highest BCUT2D eigenvalue weighted by molar-refractivity contribution is 5.96. The number of ether oxygens (including phenoxy) is 1. The molecule has 1 fully saturated rings. The van der Waals surface area contributed by atoms with Crippen molar-refractivity contribution < 1.29 is 9.53 Å². The predicted octanol–water partition coefficient (Wildman–Crippen LogP) is 3.88. The topological polar surface area (TPSA) is 60.2 Å². The van der Waals surface area contributed by atoms with Crippen LogP contribution in [0.25, 0.3) is 0 Å². The lowest BCUT2D eigenvalue weighted by atomic mass is 10.0. The Hall–Kier alpha value is -3.15. The van der Waals surface area contributed by atoms with Crippen molar-refractivity contribution in [2.24, 2.45) is 0 Å². The average Bonchev–Trinajstić information content (AvgIpc) is 3.41. The molecule has 3 aromatic rings. The van der Waals surface area contributed by atoms with Crippen molar-refractivity contribution in [2.45, 2.75) is 45.2 Å². The maximum Gasteiger partial charge on any atom is 0.254 e. The zero-order valence-electron chi connectivity index (χ0n) is 17.6. The molecule has 6 heteroatoms. The van der Waals surface area contributed by atoms with Crippen LogP contribution in [0.4, 0.5) is 0 Å². The van der Waals surface area contributed by atoms with Crippen LogP contribution in [0.1, 0.15) is 46.6 Å². The molecule has 2 heterocycles. The van der Waals surface area contributed by atoms with Gasteiger partial charge in [0.25, 0.3) is 5.91 Å². The molecule has 1 aromatic heterocycles. The van der Waals surface area contributed by atoms with Crippen LogP contribution in [0.5, 0.6) is 5.75 Å². The van der Waals surface area contributed by atoms with E-state index in [1.54, 1.807) is 13.4 Å². The number of amides is 1. The van der Waals surface area contributed by atoms with Crippen molar-refractivity contribution in [2.75, 3.05) is 13.7 Å². The molecule has 0 radical (unpaired) electrons. The Morgan fingerprint density at radius 3 is 2.80 bits per heavy atom. The number of carbonyl (C=O) groups excluding carboxylic acids is 1. The van der Waals surface area contributed by atoms with Gasteiger partial charge < -0.3 is 14.2 Å². The van der Waals surface area contributed by atoms with Crippen LogP contribution in [0, 0.1) is 6.92 Å². The fraction of sp³-hybridized carbons (Fsp3) is 0.375. The molecule has 2 aromatic carbocycles. The van der Waals surface area contributed by atoms with Gasteiger partial charge in [-0.05, 0) is 55.5 Å².